The molecule has 0 amide bonds. The number of hydrogen-bond donors (Lipinski definition) is 1. The Morgan fingerprint density at radius 3 is 2.42 bits per heavy atom. The molecule has 1 saturated carbocycles. The third kappa shape index (κ3) is 3.80. The number of rotatable bonds is 5. The second-order valence-corrected chi connectivity index (χ2v) is 5.96. The van der Waals surface area contributed by atoms with Crippen molar-refractivity contribution in [3.05, 3.63) is 35.9 Å². The maximum absolute atomic E-state index is 5.66. The molecule has 2 rings (SSSR count). The van der Waals surface area contributed by atoms with Gasteiger partial charge < -0.3 is 10.1 Å². The van der Waals surface area contributed by atoms with E-state index in [1.807, 2.05) is 7.11 Å². The van der Waals surface area contributed by atoms with Crippen LogP contribution in [-0.4, -0.2) is 19.3 Å². The van der Waals surface area contributed by atoms with Gasteiger partial charge in [-0.1, -0.05) is 57.0 Å². The Morgan fingerprint density at radius 2 is 1.79 bits per heavy atom. The SMILES string of the molecule is COC1CCCCC1NC(c1ccccc1)C(C)C. The highest BCUT2D eigenvalue weighted by molar-refractivity contribution is 5.19. The number of hydrogen-bond acceptors (Lipinski definition) is 2. The van der Waals surface area contributed by atoms with Crippen LogP contribution in [0.2, 0.25) is 0 Å². The van der Waals surface area contributed by atoms with Crippen molar-refractivity contribution in [1.29, 1.82) is 0 Å². The summed E-state index contributed by atoms with van der Waals surface area (Å²) in [5.74, 6) is 0.585. The number of ether oxygens (including phenoxy) is 1. The van der Waals surface area contributed by atoms with Gasteiger partial charge in [0.15, 0.2) is 0 Å². The van der Waals surface area contributed by atoms with Crippen LogP contribution in [0.1, 0.15) is 51.1 Å². The van der Waals surface area contributed by atoms with Gasteiger partial charge in [-0.15, -0.1) is 0 Å². The molecule has 3 unspecified atom stereocenters. The van der Waals surface area contributed by atoms with Crippen LogP contribution in [0.25, 0.3) is 0 Å². The molecule has 0 bridgehead atoms. The highest BCUT2D eigenvalue weighted by atomic mass is 16.5. The van der Waals surface area contributed by atoms with E-state index in [9.17, 15) is 0 Å². The molecule has 106 valence electrons. The average molecular weight is 261 g/mol. The Hall–Kier alpha value is -0.860. The van der Waals surface area contributed by atoms with Crippen LogP contribution in [-0.2, 0) is 4.74 Å². The molecule has 0 spiro atoms. The quantitative estimate of drug-likeness (QED) is 0.867. The fraction of sp³-hybridized carbons (Fsp3) is 0.647. The fourth-order valence-corrected chi connectivity index (χ4v) is 3.13. The molecule has 1 aromatic carbocycles. The lowest BCUT2D eigenvalue weighted by Crippen LogP contribution is -2.45. The lowest BCUT2D eigenvalue weighted by atomic mass is 9.89. The van der Waals surface area contributed by atoms with Crippen LogP contribution in [0.4, 0.5) is 0 Å². The molecule has 19 heavy (non-hydrogen) atoms. The summed E-state index contributed by atoms with van der Waals surface area (Å²) >= 11 is 0. The maximum atomic E-state index is 5.66. The Balaban J connectivity index is 2.08. The number of methoxy groups -OCH3 is 1. The molecule has 1 fully saturated rings. The summed E-state index contributed by atoms with van der Waals surface area (Å²) in [5.41, 5.74) is 1.39. The molecule has 0 saturated heterocycles. The molecule has 1 aromatic rings. The molecule has 0 radical (unpaired) electrons. The van der Waals surface area contributed by atoms with E-state index in [1.165, 1.54) is 31.2 Å². The van der Waals surface area contributed by atoms with Crippen molar-refractivity contribution in [2.24, 2.45) is 5.92 Å². The molecule has 3 atom stereocenters. The lowest BCUT2D eigenvalue weighted by Gasteiger charge is -2.36. The smallest absolute Gasteiger partial charge is 0.0724 e. The first-order chi connectivity index (χ1) is 9.22. The summed E-state index contributed by atoms with van der Waals surface area (Å²) in [4.78, 5) is 0. The summed E-state index contributed by atoms with van der Waals surface area (Å²) in [6, 6.07) is 11.7. The van der Waals surface area contributed by atoms with Crippen LogP contribution in [0.15, 0.2) is 30.3 Å². The third-order valence-corrected chi connectivity index (χ3v) is 4.22. The van der Waals surface area contributed by atoms with Gasteiger partial charge in [0.25, 0.3) is 0 Å². The van der Waals surface area contributed by atoms with Crippen molar-refractivity contribution in [3.8, 4) is 0 Å². The average Bonchev–Trinajstić information content (AvgIpc) is 2.45. The van der Waals surface area contributed by atoms with Gasteiger partial charge in [0.2, 0.25) is 0 Å². The molecule has 1 aliphatic rings. The van der Waals surface area contributed by atoms with Crippen LogP contribution in [0.3, 0.4) is 0 Å². The first-order valence-corrected chi connectivity index (χ1v) is 7.56. The van der Waals surface area contributed by atoms with Gasteiger partial charge >= 0.3 is 0 Å². The highest BCUT2D eigenvalue weighted by Gasteiger charge is 2.28. The van der Waals surface area contributed by atoms with E-state index in [2.05, 4.69) is 49.5 Å². The highest BCUT2D eigenvalue weighted by Crippen LogP contribution is 2.27. The first kappa shape index (κ1) is 14.5. The van der Waals surface area contributed by atoms with Crippen LogP contribution >= 0.6 is 0 Å². The van der Waals surface area contributed by atoms with Crippen LogP contribution < -0.4 is 5.32 Å². The molecule has 0 aliphatic heterocycles. The Labute approximate surface area is 117 Å². The molecule has 2 heteroatoms. The normalized spacial score (nSPS) is 25.5. The molecular formula is C17H27NO. The van der Waals surface area contributed by atoms with E-state index in [0.717, 1.165) is 0 Å². The number of benzene rings is 1. The van der Waals surface area contributed by atoms with E-state index in [-0.39, 0.29) is 0 Å². The monoisotopic (exact) mass is 261 g/mol. The topological polar surface area (TPSA) is 21.3 Å². The minimum absolute atomic E-state index is 0.374. The zero-order chi connectivity index (χ0) is 13.7. The zero-order valence-electron chi connectivity index (χ0n) is 12.4. The predicted molar refractivity (Wildman–Crippen MR) is 80.2 cm³/mol. The fourth-order valence-electron chi connectivity index (χ4n) is 3.13. The van der Waals surface area contributed by atoms with Gasteiger partial charge in [0.05, 0.1) is 6.10 Å². The van der Waals surface area contributed by atoms with Gasteiger partial charge in [0.1, 0.15) is 0 Å². The minimum atomic E-state index is 0.374. The third-order valence-electron chi connectivity index (χ3n) is 4.22. The van der Waals surface area contributed by atoms with Gasteiger partial charge in [-0.05, 0) is 24.3 Å². The van der Waals surface area contributed by atoms with Crippen molar-refractivity contribution < 1.29 is 4.74 Å². The van der Waals surface area contributed by atoms with Gasteiger partial charge in [-0.25, -0.2) is 0 Å². The number of nitrogens with one attached hydrogen (secondary N) is 1. The Bertz CT molecular complexity index is 363. The van der Waals surface area contributed by atoms with E-state index in [1.54, 1.807) is 0 Å². The van der Waals surface area contributed by atoms with Crippen LogP contribution in [0, 0.1) is 5.92 Å². The van der Waals surface area contributed by atoms with E-state index < -0.39 is 0 Å². The van der Waals surface area contributed by atoms with Gasteiger partial charge in [-0.3, -0.25) is 0 Å². The second kappa shape index (κ2) is 7.06. The van der Waals surface area contributed by atoms with Crippen molar-refractivity contribution in [2.45, 2.75) is 57.7 Å². The van der Waals surface area contributed by atoms with Crippen molar-refractivity contribution in [1.82, 2.24) is 5.32 Å². The molecule has 2 nitrogen and oxygen atoms in total. The maximum Gasteiger partial charge on any atom is 0.0724 e. The molecular weight excluding hydrogens is 234 g/mol. The first-order valence-electron chi connectivity index (χ1n) is 7.56. The zero-order valence-corrected chi connectivity index (χ0v) is 12.4. The summed E-state index contributed by atoms with van der Waals surface area (Å²) in [6.07, 6.45) is 5.41. The van der Waals surface area contributed by atoms with E-state index in [0.29, 0.717) is 24.1 Å². The van der Waals surface area contributed by atoms with E-state index >= 15 is 0 Å². The molecule has 0 heterocycles. The Morgan fingerprint density at radius 1 is 1.11 bits per heavy atom. The van der Waals surface area contributed by atoms with Gasteiger partial charge in [0, 0.05) is 19.2 Å². The predicted octanol–water partition coefficient (Wildman–Crippen LogP) is 3.93. The van der Waals surface area contributed by atoms with Crippen LogP contribution in [0.5, 0.6) is 0 Å². The van der Waals surface area contributed by atoms with E-state index in [4.69, 9.17) is 4.74 Å². The largest absolute Gasteiger partial charge is 0.380 e. The van der Waals surface area contributed by atoms with Crippen molar-refractivity contribution >= 4 is 0 Å². The standard InChI is InChI=1S/C17H27NO/c1-13(2)17(14-9-5-4-6-10-14)18-15-11-7-8-12-16(15)19-3/h4-6,9-10,13,15-18H,7-8,11-12H2,1-3H3. The lowest BCUT2D eigenvalue weighted by molar-refractivity contribution is 0.0353. The summed E-state index contributed by atoms with van der Waals surface area (Å²) < 4.78 is 5.66. The molecule has 1 N–H and O–H groups in total. The molecule has 0 aromatic heterocycles. The summed E-state index contributed by atoms with van der Waals surface area (Å²) in [5, 5.41) is 3.85. The Kier molecular flexibility index (Phi) is 5.41. The molecule has 1 aliphatic carbocycles. The second-order valence-electron chi connectivity index (χ2n) is 5.96. The van der Waals surface area contributed by atoms with Crippen molar-refractivity contribution in [3.63, 3.8) is 0 Å². The minimum Gasteiger partial charge on any atom is -0.380 e. The van der Waals surface area contributed by atoms with Gasteiger partial charge in [-0.2, -0.15) is 0 Å². The van der Waals surface area contributed by atoms with Crippen molar-refractivity contribution in [2.75, 3.05) is 7.11 Å². The summed E-state index contributed by atoms with van der Waals surface area (Å²) in [6.45, 7) is 4.57. The summed E-state index contributed by atoms with van der Waals surface area (Å²) in [7, 11) is 1.84.